The minimum atomic E-state index is -0.402. The van der Waals surface area contributed by atoms with Crippen molar-refractivity contribution in [2.75, 3.05) is 26.1 Å². The highest BCUT2D eigenvalue weighted by atomic mass is 16.5. The highest BCUT2D eigenvalue weighted by Crippen LogP contribution is 2.12. The summed E-state index contributed by atoms with van der Waals surface area (Å²) >= 11 is 0. The minimum absolute atomic E-state index is 0.115. The summed E-state index contributed by atoms with van der Waals surface area (Å²) in [5, 5.41) is 5.93. The van der Waals surface area contributed by atoms with E-state index in [1.54, 1.807) is 20.2 Å². The van der Waals surface area contributed by atoms with Crippen molar-refractivity contribution in [1.82, 2.24) is 10.3 Å². The van der Waals surface area contributed by atoms with E-state index in [-0.39, 0.29) is 5.91 Å². The SMILES string of the molecule is CCc1cc(C(=O)NC(C)(C)COC)cc(NC)n1. The Morgan fingerprint density at radius 1 is 1.42 bits per heavy atom. The summed E-state index contributed by atoms with van der Waals surface area (Å²) in [4.78, 5) is 16.6. The van der Waals surface area contributed by atoms with Crippen LogP contribution in [-0.4, -0.2) is 37.2 Å². The zero-order valence-electron chi connectivity index (χ0n) is 12.3. The third-order valence-electron chi connectivity index (χ3n) is 2.72. The number of carbonyl (C=O) groups excluding carboxylic acids is 1. The molecule has 0 aromatic carbocycles. The van der Waals surface area contributed by atoms with Gasteiger partial charge >= 0.3 is 0 Å². The summed E-state index contributed by atoms with van der Waals surface area (Å²) in [7, 11) is 3.41. The number of nitrogens with zero attached hydrogens (tertiary/aromatic N) is 1. The lowest BCUT2D eigenvalue weighted by atomic mass is 10.1. The average Bonchev–Trinajstić information content (AvgIpc) is 2.37. The summed E-state index contributed by atoms with van der Waals surface area (Å²) in [5.41, 5.74) is 1.10. The molecule has 5 nitrogen and oxygen atoms in total. The fourth-order valence-electron chi connectivity index (χ4n) is 1.80. The fraction of sp³-hybridized carbons (Fsp3) is 0.571. The molecule has 0 spiro atoms. The van der Waals surface area contributed by atoms with Gasteiger partial charge in [-0.25, -0.2) is 4.98 Å². The Kier molecular flexibility index (Phi) is 5.30. The summed E-state index contributed by atoms with van der Waals surface area (Å²) < 4.78 is 5.09. The predicted molar refractivity (Wildman–Crippen MR) is 76.6 cm³/mol. The molecule has 1 heterocycles. The van der Waals surface area contributed by atoms with Crippen molar-refractivity contribution in [3.8, 4) is 0 Å². The van der Waals surface area contributed by atoms with Gasteiger partial charge in [0.15, 0.2) is 0 Å². The molecule has 1 rings (SSSR count). The van der Waals surface area contributed by atoms with Gasteiger partial charge in [-0.2, -0.15) is 0 Å². The first-order valence-corrected chi connectivity index (χ1v) is 6.42. The number of amides is 1. The Morgan fingerprint density at radius 3 is 2.63 bits per heavy atom. The van der Waals surface area contributed by atoms with Gasteiger partial charge in [0.2, 0.25) is 0 Å². The largest absolute Gasteiger partial charge is 0.382 e. The highest BCUT2D eigenvalue weighted by molar-refractivity contribution is 5.95. The van der Waals surface area contributed by atoms with Crippen molar-refractivity contribution in [2.45, 2.75) is 32.7 Å². The smallest absolute Gasteiger partial charge is 0.251 e. The first-order valence-electron chi connectivity index (χ1n) is 6.42. The van der Waals surface area contributed by atoms with Crippen LogP contribution >= 0.6 is 0 Å². The number of aromatic nitrogens is 1. The van der Waals surface area contributed by atoms with Gasteiger partial charge in [-0.15, -0.1) is 0 Å². The van der Waals surface area contributed by atoms with Gasteiger partial charge in [-0.3, -0.25) is 4.79 Å². The van der Waals surface area contributed by atoms with Crippen LogP contribution in [0.1, 0.15) is 36.8 Å². The molecular formula is C14H23N3O2. The van der Waals surface area contributed by atoms with E-state index in [4.69, 9.17) is 4.74 Å². The molecule has 0 aliphatic heterocycles. The topological polar surface area (TPSA) is 63.2 Å². The van der Waals surface area contributed by atoms with Crippen molar-refractivity contribution in [1.29, 1.82) is 0 Å². The summed E-state index contributed by atoms with van der Waals surface area (Å²) in [6, 6.07) is 3.57. The van der Waals surface area contributed by atoms with Gasteiger partial charge < -0.3 is 15.4 Å². The first-order chi connectivity index (χ1) is 8.91. The maximum absolute atomic E-state index is 12.2. The second kappa shape index (κ2) is 6.52. The molecule has 1 aromatic rings. The quantitative estimate of drug-likeness (QED) is 0.824. The number of carbonyl (C=O) groups is 1. The Morgan fingerprint density at radius 2 is 2.11 bits per heavy atom. The van der Waals surface area contributed by atoms with Crippen molar-refractivity contribution < 1.29 is 9.53 Å². The van der Waals surface area contributed by atoms with Crippen LogP contribution in [0.2, 0.25) is 0 Å². The molecule has 0 unspecified atom stereocenters. The third kappa shape index (κ3) is 4.52. The normalized spacial score (nSPS) is 11.2. The number of aryl methyl sites for hydroxylation is 1. The Hall–Kier alpha value is -1.62. The number of ether oxygens (including phenoxy) is 1. The molecule has 0 aliphatic rings. The molecule has 0 atom stereocenters. The molecular weight excluding hydrogens is 242 g/mol. The number of hydrogen-bond donors (Lipinski definition) is 2. The second-order valence-electron chi connectivity index (χ2n) is 5.11. The molecule has 2 N–H and O–H groups in total. The van der Waals surface area contributed by atoms with Crippen LogP contribution in [0.3, 0.4) is 0 Å². The molecule has 0 fully saturated rings. The van der Waals surface area contributed by atoms with Crippen molar-refractivity contribution >= 4 is 11.7 Å². The van der Waals surface area contributed by atoms with Crippen LogP contribution in [0.5, 0.6) is 0 Å². The van der Waals surface area contributed by atoms with Crippen molar-refractivity contribution in [3.05, 3.63) is 23.4 Å². The zero-order valence-corrected chi connectivity index (χ0v) is 12.3. The van der Waals surface area contributed by atoms with E-state index >= 15 is 0 Å². The Balaban J connectivity index is 2.93. The van der Waals surface area contributed by atoms with E-state index in [0.29, 0.717) is 18.0 Å². The molecule has 0 saturated carbocycles. The maximum Gasteiger partial charge on any atom is 0.251 e. The molecule has 0 saturated heterocycles. The van der Waals surface area contributed by atoms with E-state index < -0.39 is 5.54 Å². The van der Waals surface area contributed by atoms with E-state index in [1.807, 2.05) is 26.8 Å². The van der Waals surface area contributed by atoms with Gasteiger partial charge in [-0.05, 0) is 32.4 Å². The molecule has 0 aliphatic carbocycles. The van der Waals surface area contributed by atoms with Gasteiger partial charge in [0.1, 0.15) is 5.82 Å². The monoisotopic (exact) mass is 265 g/mol. The third-order valence-corrected chi connectivity index (χ3v) is 2.72. The molecule has 1 amide bonds. The Bertz CT molecular complexity index is 422. The van der Waals surface area contributed by atoms with Gasteiger partial charge in [0, 0.05) is 25.4 Å². The average molecular weight is 265 g/mol. The number of rotatable bonds is 6. The van der Waals surface area contributed by atoms with E-state index in [2.05, 4.69) is 15.6 Å². The standard InChI is InChI=1S/C14H23N3O2/c1-6-11-7-10(8-12(15-4)16-11)13(18)17-14(2,3)9-19-5/h7-8H,6,9H2,1-5H3,(H,15,16)(H,17,18). The summed E-state index contributed by atoms with van der Waals surface area (Å²) in [6.07, 6.45) is 0.789. The lowest BCUT2D eigenvalue weighted by molar-refractivity contribution is 0.0820. The zero-order chi connectivity index (χ0) is 14.5. The molecule has 1 aromatic heterocycles. The fourth-order valence-corrected chi connectivity index (χ4v) is 1.80. The van der Waals surface area contributed by atoms with Crippen molar-refractivity contribution in [2.24, 2.45) is 0 Å². The first kappa shape index (κ1) is 15.4. The minimum Gasteiger partial charge on any atom is -0.382 e. The lowest BCUT2D eigenvalue weighted by Gasteiger charge is -2.25. The second-order valence-corrected chi connectivity index (χ2v) is 5.11. The van der Waals surface area contributed by atoms with Gasteiger partial charge in [-0.1, -0.05) is 6.92 Å². The highest BCUT2D eigenvalue weighted by Gasteiger charge is 2.21. The van der Waals surface area contributed by atoms with E-state index in [9.17, 15) is 4.79 Å². The number of pyridine rings is 1. The molecule has 19 heavy (non-hydrogen) atoms. The predicted octanol–water partition coefficient (Wildman–Crippen LogP) is 1.84. The van der Waals surface area contributed by atoms with Crippen LogP contribution in [0.25, 0.3) is 0 Å². The maximum atomic E-state index is 12.2. The van der Waals surface area contributed by atoms with Crippen LogP contribution in [0.4, 0.5) is 5.82 Å². The number of methoxy groups -OCH3 is 1. The van der Waals surface area contributed by atoms with Gasteiger partial charge in [0.05, 0.1) is 12.1 Å². The lowest BCUT2D eigenvalue weighted by Crippen LogP contribution is -2.46. The van der Waals surface area contributed by atoms with Gasteiger partial charge in [0.25, 0.3) is 5.91 Å². The number of nitrogens with one attached hydrogen (secondary N) is 2. The van der Waals surface area contributed by atoms with Crippen LogP contribution in [-0.2, 0) is 11.2 Å². The summed E-state index contributed by atoms with van der Waals surface area (Å²) in [5.74, 6) is 0.588. The number of hydrogen-bond acceptors (Lipinski definition) is 4. The van der Waals surface area contributed by atoms with Crippen LogP contribution in [0.15, 0.2) is 12.1 Å². The van der Waals surface area contributed by atoms with E-state index in [1.165, 1.54) is 0 Å². The van der Waals surface area contributed by atoms with Crippen molar-refractivity contribution in [3.63, 3.8) is 0 Å². The van der Waals surface area contributed by atoms with E-state index in [0.717, 1.165) is 12.1 Å². The summed E-state index contributed by atoms with van der Waals surface area (Å²) in [6.45, 7) is 6.33. The molecule has 0 bridgehead atoms. The van der Waals surface area contributed by atoms with Crippen LogP contribution < -0.4 is 10.6 Å². The Labute approximate surface area is 114 Å². The molecule has 0 radical (unpaired) electrons. The van der Waals surface area contributed by atoms with Crippen LogP contribution in [0, 0.1) is 0 Å². The molecule has 5 heteroatoms. The number of anilines is 1. The molecule has 106 valence electrons.